The number of rotatable bonds is 1. The van der Waals surface area contributed by atoms with E-state index >= 15 is 0 Å². The number of hydrogen-bond acceptors (Lipinski definition) is 6. The zero-order valence-corrected chi connectivity index (χ0v) is 25.6. The molecular formula is C35H52BN6. The van der Waals surface area contributed by atoms with Crippen LogP contribution in [0.3, 0.4) is 0 Å². The summed E-state index contributed by atoms with van der Waals surface area (Å²) >= 11 is 0. The van der Waals surface area contributed by atoms with Crippen molar-refractivity contribution in [1.29, 1.82) is 0 Å². The van der Waals surface area contributed by atoms with Crippen LogP contribution in [0.25, 0.3) is 0 Å². The van der Waals surface area contributed by atoms with Gasteiger partial charge in [-0.2, -0.15) is 0 Å². The van der Waals surface area contributed by atoms with Gasteiger partial charge in [0.2, 0.25) is 0 Å². The number of allylic oxidation sites excluding steroid dienone is 3. The van der Waals surface area contributed by atoms with E-state index in [-0.39, 0.29) is 0 Å². The number of fused-ring (bicyclic) bond motifs is 3. The van der Waals surface area contributed by atoms with Gasteiger partial charge in [-0.05, 0) is 98.0 Å². The molecule has 5 saturated carbocycles. The van der Waals surface area contributed by atoms with Crippen molar-refractivity contribution in [2.75, 3.05) is 0 Å². The second kappa shape index (κ2) is 9.77. The molecule has 11 fully saturated rings. The summed E-state index contributed by atoms with van der Waals surface area (Å²) in [5.74, 6) is 5.74. The van der Waals surface area contributed by atoms with E-state index in [4.69, 9.17) is 0 Å². The van der Waals surface area contributed by atoms with Crippen molar-refractivity contribution in [2.45, 2.75) is 133 Å². The van der Waals surface area contributed by atoms with Crippen molar-refractivity contribution in [3.8, 4) is 0 Å². The molecule has 0 aromatic heterocycles. The molecule has 0 amide bonds. The molecule has 5 aliphatic carbocycles. The Balaban J connectivity index is 1.24. The van der Waals surface area contributed by atoms with E-state index in [1.54, 1.807) is 5.57 Å². The van der Waals surface area contributed by atoms with E-state index in [1.807, 2.05) is 0 Å². The van der Waals surface area contributed by atoms with Crippen molar-refractivity contribution in [3.05, 3.63) is 36.0 Å². The zero-order chi connectivity index (χ0) is 27.7. The molecule has 4 N–H and O–H groups in total. The maximum atomic E-state index is 4.62. The summed E-state index contributed by atoms with van der Waals surface area (Å²) in [7, 11) is 2.70. The largest absolute Gasteiger partial charge is 0.318 e. The fourth-order valence-corrected chi connectivity index (χ4v) is 13.5. The van der Waals surface area contributed by atoms with E-state index in [9.17, 15) is 0 Å². The number of nitrogens with zero attached hydrogens (tertiary/aromatic N) is 2. The summed E-state index contributed by atoms with van der Waals surface area (Å²) in [5.41, 5.74) is 3.09. The van der Waals surface area contributed by atoms with E-state index in [1.165, 1.54) is 82.6 Å². The Kier molecular flexibility index (Phi) is 6.11. The summed E-state index contributed by atoms with van der Waals surface area (Å²) < 4.78 is 0. The molecule has 42 heavy (non-hydrogen) atoms. The van der Waals surface area contributed by atoms with Gasteiger partial charge in [-0.15, -0.1) is 0 Å². The summed E-state index contributed by atoms with van der Waals surface area (Å²) in [6.45, 7) is 6.57. The maximum absolute atomic E-state index is 4.62. The van der Waals surface area contributed by atoms with Gasteiger partial charge in [0, 0.05) is 30.1 Å². The minimum Gasteiger partial charge on any atom is -0.301 e. The molecule has 1 radical (unpaired) electrons. The van der Waals surface area contributed by atoms with Crippen molar-refractivity contribution in [1.82, 2.24) is 30.9 Å². The second-order valence-corrected chi connectivity index (χ2v) is 16.1. The van der Waals surface area contributed by atoms with Crippen LogP contribution in [0.4, 0.5) is 0 Å². The Morgan fingerprint density at radius 1 is 0.595 bits per heavy atom. The van der Waals surface area contributed by atoms with Gasteiger partial charge >= 0.3 is 7.55 Å². The Labute approximate surface area is 254 Å². The summed E-state index contributed by atoms with van der Waals surface area (Å²) in [6, 6.07) is 1.95. The lowest BCUT2D eigenvalue weighted by Crippen LogP contribution is -2.65. The third-order valence-electron chi connectivity index (χ3n) is 14.8. The molecule has 6 aliphatic heterocycles. The highest BCUT2D eigenvalue weighted by molar-refractivity contribution is 6.29. The monoisotopic (exact) mass is 567 g/mol. The van der Waals surface area contributed by atoms with Gasteiger partial charge in [-0.25, -0.2) is 0 Å². The first kappa shape index (κ1) is 26.3. The van der Waals surface area contributed by atoms with Gasteiger partial charge in [-0.1, -0.05) is 63.3 Å². The third-order valence-corrected chi connectivity index (χ3v) is 14.8. The van der Waals surface area contributed by atoms with Crippen molar-refractivity contribution in [2.24, 2.45) is 47.3 Å². The molecule has 0 aromatic carbocycles. The van der Waals surface area contributed by atoms with Crippen LogP contribution in [0.1, 0.15) is 84.0 Å². The van der Waals surface area contributed by atoms with Crippen LogP contribution in [0.5, 0.6) is 0 Å². The summed E-state index contributed by atoms with van der Waals surface area (Å²) in [5, 5.41) is 18.3. The fraction of sp³-hybridized carbons (Fsp3) is 0.829. The Bertz CT molecular complexity index is 1170. The van der Waals surface area contributed by atoms with Crippen LogP contribution in [0.2, 0.25) is 0 Å². The molecule has 18 unspecified atom stereocenters. The van der Waals surface area contributed by atoms with E-state index in [0.29, 0.717) is 60.7 Å². The van der Waals surface area contributed by atoms with Gasteiger partial charge in [0.25, 0.3) is 0 Å². The highest BCUT2D eigenvalue weighted by atomic mass is 15.5. The first-order valence-corrected chi connectivity index (χ1v) is 18.2. The fourth-order valence-electron chi connectivity index (χ4n) is 13.5. The van der Waals surface area contributed by atoms with Crippen LogP contribution >= 0.6 is 0 Å². The SMILES string of the molecule is C=CC=C1/C(=C\C)C2NC3C4CCCCC4C4NC5C6CCCCC6C6NC7C8CCCCC8C(NC1C2C65)N7[B]N34. The van der Waals surface area contributed by atoms with E-state index < -0.39 is 0 Å². The molecule has 6 nitrogen and oxygen atoms in total. The van der Waals surface area contributed by atoms with Gasteiger partial charge in [0.1, 0.15) is 0 Å². The molecule has 7 heteroatoms. The molecule has 0 aromatic rings. The van der Waals surface area contributed by atoms with Crippen molar-refractivity contribution < 1.29 is 0 Å². The van der Waals surface area contributed by atoms with Crippen LogP contribution in [0.15, 0.2) is 36.0 Å². The van der Waals surface area contributed by atoms with E-state index in [2.05, 4.69) is 70.2 Å². The lowest BCUT2D eigenvalue weighted by Gasteiger charge is -2.43. The normalized spacial score (nSPS) is 60.3. The molecule has 11 aliphatic rings. The smallest absolute Gasteiger partial charge is 0.301 e. The lowest BCUT2D eigenvalue weighted by molar-refractivity contribution is 0.115. The topological polar surface area (TPSA) is 54.6 Å². The zero-order valence-electron chi connectivity index (χ0n) is 25.6. The molecule has 11 rings (SSSR count). The molecule has 6 heterocycles. The molecule has 6 saturated heterocycles. The standard InChI is InChI=1S/C35H52BN6/c1-3-11-19-18(4-2)28-26-27-30-20-12-5-6-13-21(20)31(27)40-35-25-17-10-9-16-24(25)33(38-29(19)26)42(35)36-41-32(37-28)22-14-7-8-15-23(22)34(41)39-30/h3-4,11,20-35,37-40H,1,5-10,12-17H2,2H3/b18-4+,19-11?. The van der Waals surface area contributed by atoms with Gasteiger partial charge in [0.05, 0.1) is 24.7 Å². The molecule has 18 atom stereocenters. The van der Waals surface area contributed by atoms with Crippen molar-refractivity contribution in [3.63, 3.8) is 0 Å². The first-order valence-electron chi connectivity index (χ1n) is 18.2. The second-order valence-electron chi connectivity index (χ2n) is 16.1. The van der Waals surface area contributed by atoms with Gasteiger partial charge in [-0.3, -0.25) is 21.3 Å². The summed E-state index contributed by atoms with van der Waals surface area (Å²) in [4.78, 5) is 5.77. The van der Waals surface area contributed by atoms with E-state index in [0.717, 1.165) is 35.5 Å². The van der Waals surface area contributed by atoms with Gasteiger partial charge in [0.15, 0.2) is 0 Å². The third kappa shape index (κ3) is 3.39. The molecule has 0 spiro atoms. The highest BCUT2D eigenvalue weighted by Gasteiger charge is 2.67. The number of nitrogens with one attached hydrogen (secondary N) is 4. The van der Waals surface area contributed by atoms with Crippen LogP contribution in [-0.2, 0) is 0 Å². The minimum absolute atomic E-state index is 0.371. The molecule has 12 bridgehead atoms. The predicted octanol–water partition coefficient (Wildman–Crippen LogP) is 4.07. The van der Waals surface area contributed by atoms with Crippen LogP contribution in [-0.4, -0.2) is 66.0 Å². The first-order chi connectivity index (χ1) is 20.8. The minimum atomic E-state index is 0.371. The average Bonchev–Trinajstić information content (AvgIpc) is 3.69. The Hall–Kier alpha value is -0.955. The predicted molar refractivity (Wildman–Crippen MR) is 168 cm³/mol. The quantitative estimate of drug-likeness (QED) is 0.359. The maximum Gasteiger partial charge on any atom is 0.318 e. The molecule has 225 valence electrons. The number of hydrogen-bond donors (Lipinski definition) is 4. The van der Waals surface area contributed by atoms with Crippen molar-refractivity contribution >= 4 is 7.55 Å². The average molecular weight is 568 g/mol. The Morgan fingerprint density at radius 3 is 1.48 bits per heavy atom. The van der Waals surface area contributed by atoms with Gasteiger partial charge < -0.3 is 9.62 Å². The summed E-state index contributed by atoms with van der Waals surface area (Å²) in [6.07, 6.45) is 25.5. The molecular weight excluding hydrogens is 515 g/mol. The van der Waals surface area contributed by atoms with Crippen LogP contribution < -0.4 is 21.3 Å². The van der Waals surface area contributed by atoms with Crippen LogP contribution in [0, 0.1) is 47.3 Å². The highest BCUT2D eigenvalue weighted by Crippen LogP contribution is 2.58. The lowest BCUT2D eigenvalue weighted by atomic mass is 9.73. The Morgan fingerprint density at radius 2 is 1.02 bits per heavy atom.